The van der Waals surface area contributed by atoms with Crippen LogP contribution in [0.5, 0.6) is 23.0 Å². The van der Waals surface area contributed by atoms with Crippen LogP contribution in [0.1, 0.15) is 25.0 Å². The van der Waals surface area contributed by atoms with Gasteiger partial charge in [0.1, 0.15) is 0 Å². The molecule has 0 fully saturated rings. The molecule has 2 aromatic carbocycles. The molecule has 8 heteroatoms. The third kappa shape index (κ3) is 3.84. The Morgan fingerprint density at radius 2 is 1.90 bits per heavy atom. The van der Waals surface area contributed by atoms with E-state index in [2.05, 4.69) is 4.99 Å². The third-order valence-electron chi connectivity index (χ3n) is 4.41. The van der Waals surface area contributed by atoms with Crippen molar-refractivity contribution in [3.8, 4) is 23.0 Å². The van der Waals surface area contributed by atoms with E-state index in [0.717, 1.165) is 0 Å². The van der Waals surface area contributed by atoms with E-state index in [4.69, 9.17) is 23.7 Å². The number of hydrogen-bond donors (Lipinski definition) is 0. The molecule has 2 aromatic rings. The van der Waals surface area contributed by atoms with Gasteiger partial charge in [0, 0.05) is 5.56 Å². The second kappa shape index (κ2) is 7.90. The molecule has 2 aliphatic heterocycles. The lowest BCUT2D eigenvalue weighted by Crippen LogP contribution is -2.15. The molecule has 2 heterocycles. The van der Waals surface area contributed by atoms with E-state index < -0.39 is 5.97 Å². The molecular weight excluding hydrogens is 390 g/mol. The summed E-state index contributed by atoms with van der Waals surface area (Å²) < 4.78 is 26.6. The quantitative estimate of drug-likeness (QED) is 0.425. The van der Waals surface area contributed by atoms with Crippen molar-refractivity contribution in [1.29, 1.82) is 0 Å². The van der Waals surface area contributed by atoms with E-state index in [1.54, 1.807) is 56.3 Å². The predicted octanol–water partition coefficient (Wildman–Crippen LogP) is 3.33. The second-order valence-electron chi connectivity index (χ2n) is 6.89. The smallest absolute Gasteiger partial charge is 0.363 e. The number of rotatable bonds is 5. The largest absolute Gasteiger partial charge is 0.493 e. The average molecular weight is 409 g/mol. The van der Waals surface area contributed by atoms with Crippen LogP contribution in [0.3, 0.4) is 0 Å². The lowest BCUT2D eigenvalue weighted by molar-refractivity contribution is -0.137. The van der Waals surface area contributed by atoms with E-state index in [0.29, 0.717) is 34.1 Å². The monoisotopic (exact) mass is 409 g/mol. The molecule has 0 N–H and O–H groups in total. The molecule has 8 nitrogen and oxygen atoms in total. The van der Waals surface area contributed by atoms with Gasteiger partial charge in [-0.05, 0) is 42.0 Å². The SMILES string of the molecule is COc1cc(C=C2N=C(c3ccc4c(c3)OCO4)OC2=O)ccc1OC(=O)C(C)C. The van der Waals surface area contributed by atoms with Crippen molar-refractivity contribution in [2.45, 2.75) is 13.8 Å². The number of carbonyl (C=O) groups is 2. The second-order valence-corrected chi connectivity index (χ2v) is 6.89. The van der Waals surface area contributed by atoms with Crippen LogP contribution in [0.15, 0.2) is 47.1 Å². The van der Waals surface area contributed by atoms with Crippen LogP contribution in [0.2, 0.25) is 0 Å². The van der Waals surface area contributed by atoms with Crippen LogP contribution in [-0.2, 0) is 14.3 Å². The number of aliphatic imine (C=N–C) groups is 1. The maximum absolute atomic E-state index is 12.3. The number of fused-ring (bicyclic) bond motifs is 1. The maximum atomic E-state index is 12.3. The van der Waals surface area contributed by atoms with Gasteiger partial charge in [0.2, 0.25) is 12.7 Å². The van der Waals surface area contributed by atoms with Gasteiger partial charge in [-0.25, -0.2) is 9.79 Å². The fourth-order valence-electron chi connectivity index (χ4n) is 2.80. The summed E-state index contributed by atoms with van der Waals surface area (Å²) in [6.45, 7) is 3.64. The van der Waals surface area contributed by atoms with E-state index in [1.807, 2.05) is 0 Å². The minimum absolute atomic E-state index is 0.136. The van der Waals surface area contributed by atoms with Gasteiger partial charge in [-0.15, -0.1) is 0 Å². The lowest BCUT2D eigenvalue weighted by atomic mass is 10.1. The molecule has 0 saturated heterocycles. The minimum atomic E-state index is -0.572. The van der Waals surface area contributed by atoms with Crippen LogP contribution in [0.4, 0.5) is 0 Å². The Hall–Kier alpha value is -3.81. The predicted molar refractivity (Wildman–Crippen MR) is 107 cm³/mol. The number of ether oxygens (including phenoxy) is 5. The van der Waals surface area contributed by atoms with Crippen molar-refractivity contribution < 1.29 is 33.3 Å². The van der Waals surface area contributed by atoms with Crippen LogP contribution < -0.4 is 18.9 Å². The molecule has 0 amide bonds. The van der Waals surface area contributed by atoms with E-state index in [-0.39, 0.29) is 30.3 Å². The number of cyclic esters (lactones) is 1. The lowest BCUT2D eigenvalue weighted by Gasteiger charge is -2.11. The molecule has 154 valence electrons. The summed E-state index contributed by atoms with van der Waals surface area (Å²) in [5.74, 6) is 0.840. The molecule has 4 rings (SSSR count). The first kappa shape index (κ1) is 19.5. The van der Waals surface area contributed by atoms with E-state index in [1.165, 1.54) is 7.11 Å². The zero-order valence-corrected chi connectivity index (χ0v) is 16.6. The molecular formula is C22H19NO7. The van der Waals surface area contributed by atoms with Crippen molar-refractivity contribution in [2.24, 2.45) is 10.9 Å². The first-order valence-electron chi connectivity index (χ1n) is 9.27. The average Bonchev–Trinajstić information content (AvgIpc) is 3.35. The summed E-state index contributed by atoms with van der Waals surface area (Å²) in [4.78, 5) is 28.4. The number of hydrogen-bond acceptors (Lipinski definition) is 8. The Morgan fingerprint density at radius 1 is 1.10 bits per heavy atom. The zero-order chi connectivity index (χ0) is 21.3. The molecule has 0 spiro atoms. The van der Waals surface area contributed by atoms with Gasteiger partial charge < -0.3 is 23.7 Å². The third-order valence-corrected chi connectivity index (χ3v) is 4.41. The van der Waals surface area contributed by atoms with Crippen molar-refractivity contribution >= 4 is 23.9 Å². The highest BCUT2D eigenvalue weighted by atomic mass is 16.7. The highest BCUT2D eigenvalue weighted by molar-refractivity contribution is 6.13. The summed E-state index contributed by atoms with van der Waals surface area (Å²) in [5.41, 5.74) is 1.38. The number of methoxy groups -OCH3 is 1. The number of benzene rings is 2. The molecule has 0 radical (unpaired) electrons. The van der Waals surface area contributed by atoms with Gasteiger partial charge in [0.05, 0.1) is 13.0 Å². The van der Waals surface area contributed by atoms with Crippen LogP contribution >= 0.6 is 0 Å². The Balaban J connectivity index is 1.59. The first-order chi connectivity index (χ1) is 14.4. The molecule has 0 aromatic heterocycles. The fourth-order valence-corrected chi connectivity index (χ4v) is 2.80. The first-order valence-corrected chi connectivity index (χ1v) is 9.27. The summed E-state index contributed by atoms with van der Waals surface area (Å²) in [6.07, 6.45) is 1.57. The molecule has 0 saturated carbocycles. The van der Waals surface area contributed by atoms with Gasteiger partial charge in [0.15, 0.2) is 28.7 Å². The summed E-state index contributed by atoms with van der Waals surface area (Å²) in [5, 5.41) is 0. The van der Waals surface area contributed by atoms with Crippen LogP contribution in [-0.4, -0.2) is 31.7 Å². The normalized spacial score (nSPS) is 15.9. The Labute approximate surface area is 172 Å². The van der Waals surface area contributed by atoms with Gasteiger partial charge >= 0.3 is 11.9 Å². The van der Waals surface area contributed by atoms with Crippen LogP contribution in [0, 0.1) is 5.92 Å². The summed E-state index contributed by atoms with van der Waals surface area (Å²) in [6, 6.07) is 10.1. The Morgan fingerprint density at radius 3 is 2.67 bits per heavy atom. The minimum Gasteiger partial charge on any atom is -0.493 e. The highest BCUT2D eigenvalue weighted by Gasteiger charge is 2.26. The van der Waals surface area contributed by atoms with Gasteiger partial charge in [-0.3, -0.25) is 4.79 Å². The fraction of sp³-hybridized carbons (Fsp3) is 0.227. The van der Waals surface area contributed by atoms with Gasteiger partial charge in [-0.2, -0.15) is 0 Å². The maximum Gasteiger partial charge on any atom is 0.363 e. The van der Waals surface area contributed by atoms with E-state index >= 15 is 0 Å². The van der Waals surface area contributed by atoms with E-state index in [9.17, 15) is 9.59 Å². The number of esters is 2. The number of nitrogens with zero attached hydrogens (tertiary/aromatic N) is 1. The highest BCUT2D eigenvalue weighted by Crippen LogP contribution is 2.34. The molecule has 0 unspecified atom stereocenters. The zero-order valence-electron chi connectivity index (χ0n) is 16.6. The topological polar surface area (TPSA) is 92.7 Å². The molecule has 0 bridgehead atoms. The molecule has 2 aliphatic rings. The summed E-state index contributed by atoms with van der Waals surface area (Å²) >= 11 is 0. The van der Waals surface area contributed by atoms with Crippen LogP contribution in [0.25, 0.3) is 6.08 Å². The molecule has 0 atom stereocenters. The standard InChI is InChI=1S/C22H19NO7/c1-12(2)21(24)29-17-6-4-13(9-18(17)26-3)8-15-22(25)30-20(23-15)14-5-7-16-19(10-14)28-11-27-16/h4-10,12H,11H2,1-3H3. The van der Waals surface area contributed by atoms with Crippen molar-refractivity contribution in [2.75, 3.05) is 13.9 Å². The molecule has 0 aliphatic carbocycles. The Bertz CT molecular complexity index is 1080. The number of carbonyl (C=O) groups excluding carboxylic acids is 2. The van der Waals surface area contributed by atoms with Crippen molar-refractivity contribution in [1.82, 2.24) is 0 Å². The molecule has 30 heavy (non-hydrogen) atoms. The van der Waals surface area contributed by atoms with Gasteiger partial charge in [-0.1, -0.05) is 19.9 Å². The summed E-state index contributed by atoms with van der Waals surface area (Å²) in [7, 11) is 1.47. The van der Waals surface area contributed by atoms with Crippen molar-refractivity contribution in [3.05, 3.63) is 53.2 Å². The Kier molecular flexibility index (Phi) is 5.14. The van der Waals surface area contributed by atoms with Crippen molar-refractivity contribution in [3.63, 3.8) is 0 Å². The van der Waals surface area contributed by atoms with Gasteiger partial charge in [0.25, 0.3) is 0 Å².